The molecule has 4 heteroatoms. The normalized spacial score (nSPS) is 9.95. The molecule has 2 aromatic rings. The smallest absolute Gasteiger partial charge is 0.135 e. The first kappa shape index (κ1) is 13.6. The first-order valence-corrected chi connectivity index (χ1v) is 6.83. The van der Waals surface area contributed by atoms with Crippen LogP contribution < -0.4 is 4.90 Å². The second-order valence-corrected chi connectivity index (χ2v) is 5.11. The highest BCUT2D eigenvalue weighted by Crippen LogP contribution is 2.27. The number of pyridine rings is 1. The number of rotatable bonds is 4. The van der Waals surface area contributed by atoms with Crippen LogP contribution in [0.4, 0.5) is 11.5 Å². The molecule has 19 heavy (non-hydrogen) atoms. The highest BCUT2D eigenvalue weighted by Gasteiger charge is 2.12. The van der Waals surface area contributed by atoms with Crippen LogP contribution in [0.5, 0.6) is 0 Å². The molecular formula is C15H14BrN3. The summed E-state index contributed by atoms with van der Waals surface area (Å²) in [5.74, 6) is 0.893. The van der Waals surface area contributed by atoms with Crippen LogP contribution in [0, 0.1) is 18.3 Å². The number of aryl methyl sites for hydroxylation is 1. The lowest BCUT2D eigenvalue weighted by atomic mass is 10.2. The molecule has 0 aliphatic carbocycles. The number of nitriles is 1. The van der Waals surface area contributed by atoms with Gasteiger partial charge in [0.25, 0.3) is 0 Å². The molecule has 0 saturated heterocycles. The molecular weight excluding hydrogens is 302 g/mol. The third-order valence-electron chi connectivity index (χ3n) is 2.79. The molecule has 0 bridgehead atoms. The summed E-state index contributed by atoms with van der Waals surface area (Å²) in [6.07, 6.45) is 2.25. The van der Waals surface area contributed by atoms with E-state index in [0.29, 0.717) is 13.0 Å². The fourth-order valence-corrected chi connectivity index (χ4v) is 2.39. The van der Waals surface area contributed by atoms with E-state index in [4.69, 9.17) is 5.26 Å². The zero-order valence-electron chi connectivity index (χ0n) is 10.7. The minimum atomic E-state index is 0.464. The fourth-order valence-electron chi connectivity index (χ4n) is 1.94. The van der Waals surface area contributed by atoms with Crippen LogP contribution in [-0.2, 0) is 0 Å². The first-order chi connectivity index (χ1) is 9.22. The molecule has 1 aromatic heterocycles. The zero-order chi connectivity index (χ0) is 13.7. The number of anilines is 2. The molecule has 0 atom stereocenters. The maximum atomic E-state index is 8.82. The molecule has 0 fully saturated rings. The molecule has 0 aliphatic heterocycles. The Bertz CT molecular complexity index is 590. The lowest BCUT2D eigenvalue weighted by Crippen LogP contribution is -2.20. The van der Waals surface area contributed by atoms with Gasteiger partial charge in [-0.25, -0.2) is 4.98 Å². The highest BCUT2D eigenvalue weighted by molar-refractivity contribution is 9.10. The van der Waals surface area contributed by atoms with E-state index >= 15 is 0 Å². The molecule has 0 spiro atoms. The number of nitrogens with zero attached hydrogens (tertiary/aromatic N) is 3. The van der Waals surface area contributed by atoms with Crippen LogP contribution >= 0.6 is 15.9 Å². The topological polar surface area (TPSA) is 39.9 Å². The van der Waals surface area contributed by atoms with Crippen LogP contribution in [0.3, 0.4) is 0 Å². The predicted octanol–water partition coefficient (Wildman–Crippen LogP) is 4.20. The number of aromatic nitrogens is 1. The van der Waals surface area contributed by atoms with Crippen molar-refractivity contribution in [1.29, 1.82) is 5.26 Å². The Hall–Kier alpha value is -1.86. The standard InChI is InChI=1S/C15H14BrN3/c1-12-10-13(16)11-18-15(12)19(9-5-8-17)14-6-3-2-4-7-14/h2-4,6-7,10-11H,5,9H2,1H3. The van der Waals surface area contributed by atoms with Gasteiger partial charge in [0.05, 0.1) is 12.5 Å². The summed E-state index contributed by atoms with van der Waals surface area (Å²) >= 11 is 3.42. The van der Waals surface area contributed by atoms with Gasteiger partial charge in [-0.3, -0.25) is 0 Å². The van der Waals surface area contributed by atoms with E-state index < -0.39 is 0 Å². The predicted molar refractivity (Wildman–Crippen MR) is 80.4 cm³/mol. The second kappa shape index (κ2) is 6.35. The van der Waals surface area contributed by atoms with Crippen molar-refractivity contribution in [3.63, 3.8) is 0 Å². The molecule has 2 rings (SSSR count). The largest absolute Gasteiger partial charge is 0.325 e. The van der Waals surface area contributed by atoms with E-state index in [1.807, 2.05) is 43.3 Å². The minimum Gasteiger partial charge on any atom is -0.325 e. The van der Waals surface area contributed by atoms with Crippen molar-refractivity contribution >= 4 is 27.4 Å². The number of hydrogen-bond donors (Lipinski definition) is 0. The summed E-state index contributed by atoms with van der Waals surface area (Å²) in [6.45, 7) is 2.66. The van der Waals surface area contributed by atoms with Gasteiger partial charge in [-0.2, -0.15) is 5.26 Å². The van der Waals surface area contributed by atoms with Crippen LogP contribution in [0.25, 0.3) is 0 Å². The number of benzene rings is 1. The molecule has 0 N–H and O–H groups in total. The van der Waals surface area contributed by atoms with Crippen molar-refractivity contribution in [2.75, 3.05) is 11.4 Å². The Morgan fingerprint density at radius 3 is 2.68 bits per heavy atom. The highest BCUT2D eigenvalue weighted by atomic mass is 79.9. The fraction of sp³-hybridized carbons (Fsp3) is 0.200. The molecule has 0 unspecified atom stereocenters. The number of para-hydroxylation sites is 1. The second-order valence-electron chi connectivity index (χ2n) is 4.19. The Morgan fingerprint density at radius 2 is 2.05 bits per heavy atom. The van der Waals surface area contributed by atoms with E-state index in [9.17, 15) is 0 Å². The van der Waals surface area contributed by atoms with Gasteiger partial charge >= 0.3 is 0 Å². The molecule has 0 amide bonds. The van der Waals surface area contributed by atoms with Crippen molar-refractivity contribution in [3.05, 3.63) is 52.6 Å². The number of halogens is 1. The SMILES string of the molecule is Cc1cc(Br)cnc1N(CCC#N)c1ccccc1. The van der Waals surface area contributed by atoms with Gasteiger partial charge in [0, 0.05) is 22.9 Å². The van der Waals surface area contributed by atoms with Gasteiger partial charge in [-0.1, -0.05) is 18.2 Å². The third-order valence-corrected chi connectivity index (χ3v) is 3.22. The van der Waals surface area contributed by atoms with E-state index in [-0.39, 0.29) is 0 Å². The summed E-state index contributed by atoms with van der Waals surface area (Å²) in [5, 5.41) is 8.82. The Kier molecular flexibility index (Phi) is 4.53. The van der Waals surface area contributed by atoms with Gasteiger partial charge in [-0.05, 0) is 46.6 Å². The summed E-state index contributed by atoms with van der Waals surface area (Å²) in [7, 11) is 0. The molecule has 3 nitrogen and oxygen atoms in total. The van der Waals surface area contributed by atoms with Gasteiger partial charge in [0.15, 0.2) is 0 Å². The Balaban J connectivity index is 2.40. The quantitative estimate of drug-likeness (QED) is 0.848. The molecule has 96 valence electrons. The Labute approximate surface area is 121 Å². The molecule has 0 aliphatic rings. The Morgan fingerprint density at radius 1 is 1.32 bits per heavy atom. The van der Waals surface area contributed by atoms with Crippen molar-refractivity contribution < 1.29 is 0 Å². The van der Waals surface area contributed by atoms with Crippen molar-refractivity contribution in [3.8, 4) is 6.07 Å². The maximum Gasteiger partial charge on any atom is 0.135 e. The van der Waals surface area contributed by atoms with Crippen LogP contribution in [0.1, 0.15) is 12.0 Å². The van der Waals surface area contributed by atoms with Gasteiger partial charge < -0.3 is 4.90 Å². The average Bonchev–Trinajstić information content (AvgIpc) is 2.42. The minimum absolute atomic E-state index is 0.464. The van der Waals surface area contributed by atoms with Gasteiger partial charge in [0.2, 0.25) is 0 Å². The zero-order valence-corrected chi connectivity index (χ0v) is 12.3. The first-order valence-electron chi connectivity index (χ1n) is 6.04. The van der Waals surface area contributed by atoms with E-state index in [0.717, 1.165) is 21.5 Å². The van der Waals surface area contributed by atoms with Crippen molar-refractivity contribution in [1.82, 2.24) is 4.98 Å². The van der Waals surface area contributed by atoms with E-state index in [2.05, 4.69) is 31.9 Å². The van der Waals surface area contributed by atoms with Crippen molar-refractivity contribution in [2.45, 2.75) is 13.3 Å². The summed E-state index contributed by atoms with van der Waals surface area (Å²) < 4.78 is 0.960. The lowest BCUT2D eigenvalue weighted by molar-refractivity contribution is 0.919. The average molecular weight is 316 g/mol. The van der Waals surface area contributed by atoms with Crippen LogP contribution in [0.15, 0.2) is 47.1 Å². The lowest BCUT2D eigenvalue weighted by Gasteiger charge is -2.24. The van der Waals surface area contributed by atoms with E-state index in [1.54, 1.807) is 6.20 Å². The van der Waals surface area contributed by atoms with Crippen LogP contribution in [0.2, 0.25) is 0 Å². The third kappa shape index (κ3) is 3.33. The van der Waals surface area contributed by atoms with Gasteiger partial charge in [-0.15, -0.1) is 0 Å². The summed E-state index contributed by atoms with van der Waals surface area (Å²) in [5.41, 5.74) is 2.13. The van der Waals surface area contributed by atoms with E-state index in [1.165, 1.54) is 0 Å². The summed E-state index contributed by atoms with van der Waals surface area (Å²) in [6, 6.07) is 14.2. The maximum absolute atomic E-state index is 8.82. The molecule has 0 saturated carbocycles. The van der Waals surface area contributed by atoms with Crippen molar-refractivity contribution in [2.24, 2.45) is 0 Å². The number of hydrogen-bond acceptors (Lipinski definition) is 3. The molecule has 0 radical (unpaired) electrons. The van der Waals surface area contributed by atoms with Crippen LogP contribution in [-0.4, -0.2) is 11.5 Å². The molecule has 1 aromatic carbocycles. The van der Waals surface area contributed by atoms with Gasteiger partial charge in [0.1, 0.15) is 5.82 Å². The summed E-state index contributed by atoms with van der Waals surface area (Å²) in [4.78, 5) is 6.55. The molecule has 1 heterocycles. The monoisotopic (exact) mass is 315 g/mol.